The van der Waals surface area contributed by atoms with E-state index < -0.39 is 67.1 Å². The van der Waals surface area contributed by atoms with Crippen molar-refractivity contribution in [3.05, 3.63) is 53.4 Å². The second-order valence-electron chi connectivity index (χ2n) is 17.5. The van der Waals surface area contributed by atoms with Crippen LogP contribution < -0.4 is 5.32 Å². The molecule has 0 aliphatic carbocycles. The van der Waals surface area contributed by atoms with E-state index in [2.05, 4.69) is 24.1 Å². The van der Waals surface area contributed by atoms with E-state index in [4.69, 9.17) is 18.5 Å². The molecule has 3 aromatic rings. The van der Waals surface area contributed by atoms with E-state index in [-0.39, 0.29) is 28.0 Å². The fraction of sp³-hybridized carbons (Fsp3) is 0.610. The number of imidazole rings is 1. The average Bonchev–Trinajstić information content (AvgIpc) is 3.96. The van der Waals surface area contributed by atoms with Crippen LogP contribution in [-0.4, -0.2) is 95.3 Å². The number of hydrogen-bond acceptors (Lipinski definition) is 12. The minimum atomic E-state index is -5.52. The van der Waals surface area contributed by atoms with Crippen molar-refractivity contribution >= 4 is 59.2 Å². The zero-order chi connectivity index (χ0) is 44.6. The van der Waals surface area contributed by atoms with Gasteiger partial charge in [0.1, 0.15) is 6.04 Å². The number of carbonyl (C=O) groups excluding carboxylic acids is 5. The lowest BCUT2D eigenvalue weighted by Gasteiger charge is -2.36. The van der Waals surface area contributed by atoms with E-state index in [0.717, 1.165) is 55.8 Å². The van der Waals surface area contributed by atoms with Crippen molar-refractivity contribution in [3.8, 4) is 0 Å². The number of esters is 2. The monoisotopic (exact) mass is 881 g/mol. The summed E-state index contributed by atoms with van der Waals surface area (Å²) in [5, 5.41) is 3.12. The summed E-state index contributed by atoms with van der Waals surface area (Å²) in [6.45, 7) is 16.0. The van der Waals surface area contributed by atoms with E-state index >= 15 is 8.78 Å². The maximum Gasteiger partial charge on any atom is 0.410 e. The average molecular weight is 882 g/mol. The molecule has 4 heterocycles. The molecule has 60 heavy (non-hydrogen) atoms. The zero-order valence-electron chi connectivity index (χ0n) is 35.8. The van der Waals surface area contributed by atoms with Crippen LogP contribution in [0.25, 0.3) is 10.1 Å². The standard InChI is InChI=1S/C34H49F2N2O9PS.C7H9N3O/c1-21(2)22(3)16-25(29(40)38-14-10-11-15-38)37-28(39)27-18-23-17-24(12-13-26(23)49-27)34(35,36)48(43,46-19-44-30(41)32(4,5)6)47-20-45-31(42)33(7,8)9;11-6-9-3-7(4-9)10-2-1-8-5-10/h12-13,17-18,21-22,25H,10-11,14-16,19-20H2,1-9H3,(H,37,39);1-2,5-7H,3-4H2/t22-,25-;/m0./s1. The SMILES string of the molecule is CC(C)[C@@H](C)C[C@H](NC(=O)c1cc2cc(C(F)(F)P(=O)(OCOC(=O)C(C)(C)C)OCOC(=O)C(C)(C)C)ccc2s1)C(=O)N1CCCC1.O=CN1CC(n2ccnc2)C1. The molecule has 2 saturated heterocycles. The number of carbonyl (C=O) groups is 5. The summed E-state index contributed by atoms with van der Waals surface area (Å²) in [5.74, 6) is -1.81. The number of rotatable bonds is 16. The van der Waals surface area contributed by atoms with Crippen LogP contribution in [0.5, 0.6) is 0 Å². The fourth-order valence-corrected chi connectivity index (χ4v) is 8.12. The molecule has 2 aromatic heterocycles. The second kappa shape index (κ2) is 20.1. The number of alkyl halides is 2. The molecule has 5 rings (SSSR count). The van der Waals surface area contributed by atoms with Gasteiger partial charge in [-0.1, -0.05) is 26.8 Å². The predicted octanol–water partition coefficient (Wildman–Crippen LogP) is 7.57. The minimum Gasteiger partial charge on any atom is -0.438 e. The number of nitrogens with one attached hydrogen (secondary N) is 1. The number of nitrogens with zero attached hydrogens (tertiary/aromatic N) is 4. The van der Waals surface area contributed by atoms with Crippen molar-refractivity contribution in [2.45, 2.75) is 99.3 Å². The molecule has 1 N–H and O–H groups in total. The van der Waals surface area contributed by atoms with Crippen molar-refractivity contribution < 1.29 is 55.8 Å². The normalized spacial score (nSPS) is 16.1. The van der Waals surface area contributed by atoms with Crippen LogP contribution in [0, 0.1) is 22.7 Å². The lowest BCUT2D eigenvalue weighted by molar-refractivity contribution is -0.163. The van der Waals surface area contributed by atoms with Crippen molar-refractivity contribution in [3.63, 3.8) is 0 Å². The van der Waals surface area contributed by atoms with E-state index in [1.165, 1.54) is 53.7 Å². The number of benzene rings is 1. The summed E-state index contributed by atoms with van der Waals surface area (Å²) >= 11 is 1.05. The number of thiophene rings is 1. The zero-order valence-corrected chi connectivity index (χ0v) is 37.5. The molecule has 2 atom stereocenters. The molecule has 2 fully saturated rings. The lowest BCUT2D eigenvalue weighted by Crippen LogP contribution is -2.48. The topological polar surface area (TPSA) is 176 Å². The van der Waals surface area contributed by atoms with Crippen LogP contribution >= 0.6 is 18.9 Å². The van der Waals surface area contributed by atoms with Crippen LogP contribution in [-0.2, 0) is 47.9 Å². The lowest BCUT2D eigenvalue weighted by atomic mass is 9.90. The summed E-state index contributed by atoms with van der Waals surface area (Å²) < 4.78 is 68.1. The molecule has 2 aliphatic heterocycles. The van der Waals surface area contributed by atoms with E-state index in [1.54, 1.807) is 22.3 Å². The first-order chi connectivity index (χ1) is 28.0. The number of fused-ring (bicyclic) bond motifs is 1. The molecule has 0 spiro atoms. The molecule has 0 radical (unpaired) electrons. The first kappa shape index (κ1) is 48.4. The highest BCUT2D eigenvalue weighted by atomic mass is 32.1. The maximum absolute atomic E-state index is 16.1. The molecule has 15 nitrogen and oxygen atoms in total. The van der Waals surface area contributed by atoms with Crippen LogP contribution in [0.15, 0.2) is 43.0 Å². The van der Waals surface area contributed by atoms with Crippen LogP contribution in [0.1, 0.15) is 103 Å². The van der Waals surface area contributed by atoms with Crippen LogP contribution in [0.2, 0.25) is 0 Å². The van der Waals surface area contributed by atoms with Gasteiger partial charge in [-0.2, -0.15) is 8.78 Å². The van der Waals surface area contributed by atoms with E-state index in [0.29, 0.717) is 30.3 Å². The van der Waals surface area contributed by atoms with Crippen LogP contribution in [0.4, 0.5) is 8.78 Å². The Balaban J connectivity index is 0.000000615. The van der Waals surface area contributed by atoms with Gasteiger partial charge in [-0.25, -0.2) is 4.98 Å². The highest BCUT2D eigenvalue weighted by Crippen LogP contribution is 2.67. The van der Waals surface area contributed by atoms with Crippen molar-refractivity contribution in [1.29, 1.82) is 0 Å². The first-order valence-electron chi connectivity index (χ1n) is 19.9. The van der Waals surface area contributed by atoms with Gasteiger partial charge < -0.3 is 29.2 Å². The number of hydrogen-bond donors (Lipinski definition) is 1. The smallest absolute Gasteiger partial charge is 0.410 e. The molecule has 0 bridgehead atoms. The van der Waals surface area contributed by atoms with Crippen molar-refractivity contribution in [2.75, 3.05) is 39.8 Å². The van der Waals surface area contributed by atoms with Gasteiger partial charge in [-0.05, 0) is 96.2 Å². The molecule has 2 aliphatic rings. The second-order valence-corrected chi connectivity index (χ2v) is 20.7. The summed E-state index contributed by atoms with van der Waals surface area (Å²) in [4.78, 5) is 69.0. The van der Waals surface area contributed by atoms with Gasteiger partial charge in [0, 0.05) is 48.8 Å². The van der Waals surface area contributed by atoms with Gasteiger partial charge in [0.05, 0.1) is 28.1 Å². The van der Waals surface area contributed by atoms with Gasteiger partial charge in [0.25, 0.3) is 5.91 Å². The molecular formula is C41H58F2N5O10PS. The Morgan fingerprint density at radius 1 is 0.950 bits per heavy atom. The van der Waals surface area contributed by atoms with Gasteiger partial charge in [-0.3, -0.25) is 37.6 Å². The number of likely N-dealkylation sites (tertiary alicyclic amines) is 2. The Morgan fingerprint density at radius 3 is 2.03 bits per heavy atom. The van der Waals surface area contributed by atoms with E-state index in [9.17, 15) is 28.5 Å². The molecule has 19 heteroatoms. The van der Waals surface area contributed by atoms with Crippen LogP contribution in [0.3, 0.4) is 0 Å². The number of halogens is 2. The summed E-state index contributed by atoms with van der Waals surface area (Å²) in [6.07, 6.45) is 8.60. The molecule has 0 saturated carbocycles. The van der Waals surface area contributed by atoms with Gasteiger partial charge in [0.15, 0.2) is 0 Å². The van der Waals surface area contributed by atoms with Crippen molar-refractivity contribution in [2.24, 2.45) is 22.7 Å². The largest absolute Gasteiger partial charge is 0.438 e. The number of aromatic nitrogens is 2. The number of ether oxygens (including phenoxy) is 2. The molecule has 0 unspecified atom stereocenters. The number of amides is 3. The Morgan fingerprint density at radius 2 is 1.53 bits per heavy atom. The van der Waals surface area contributed by atoms with Gasteiger partial charge in [-0.15, -0.1) is 11.3 Å². The quantitative estimate of drug-likeness (QED) is 0.0650. The van der Waals surface area contributed by atoms with Crippen molar-refractivity contribution in [1.82, 2.24) is 24.7 Å². The Labute approximate surface area is 354 Å². The summed E-state index contributed by atoms with van der Waals surface area (Å²) in [6, 6.07) is 4.54. The summed E-state index contributed by atoms with van der Waals surface area (Å²) in [5.41, 5.74) is -7.08. The predicted molar refractivity (Wildman–Crippen MR) is 221 cm³/mol. The molecule has 3 amide bonds. The fourth-order valence-electron chi connectivity index (χ4n) is 5.93. The van der Waals surface area contributed by atoms with E-state index in [1.807, 2.05) is 17.7 Å². The third-order valence-corrected chi connectivity index (χ3v) is 13.2. The van der Waals surface area contributed by atoms with Gasteiger partial charge in [0.2, 0.25) is 25.9 Å². The Bertz CT molecular complexity index is 1970. The first-order valence-corrected chi connectivity index (χ1v) is 22.2. The third kappa shape index (κ3) is 12.4. The molecular weight excluding hydrogens is 824 g/mol. The minimum absolute atomic E-state index is 0.140. The maximum atomic E-state index is 16.1. The Hall–Kier alpha value is -4.25. The van der Waals surface area contributed by atoms with Gasteiger partial charge >= 0.3 is 25.2 Å². The Kier molecular flexibility index (Phi) is 16.2. The molecule has 332 valence electrons. The molecule has 1 aromatic carbocycles. The highest BCUT2D eigenvalue weighted by Gasteiger charge is 2.56. The third-order valence-electron chi connectivity index (χ3n) is 10.2. The highest BCUT2D eigenvalue weighted by molar-refractivity contribution is 7.54. The summed E-state index contributed by atoms with van der Waals surface area (Å²) in [7, 11) is -5.52.